The van der Waals surface area contributed by atoms with Gasteiger partial charge in [0.15, 0.2) is 17.6 Å². The number of ether oxygens (including phenoxy) is 5. The lowest BCUT2D eigenvalue weighted by molar-refractivity contribution is -0.192. The number of esters is 3. The first-order valence-electron chi connectivity index (χ1n) is 14.6. The van der Waals surface area contributed by atoms with Crippen LogP contribution < -0.4 is 9.47 Å². The maximum absolute atomic E-state index is 13.4. The van der Waals surface area contributed by atoms with Crippen molar-refractivity contribution in [3.8, 4) is 11.5 Å². The number of carbonyl (C=O) groups is 5. The molecule has 0 amide bonds. The number of benzene rings is 1. The molecule has 17 heteroatoms. The summed E-state index contributed by atoms with van der Waals surface area (Å²) in [6, 6.07) is 3.61. The van der Waals surface area contributed by atoms with Gasteiger partial charge in [0.1, 0.15) is 5.76 Å². The summed E-state index contributed by atoms with van der Waals surface area (Å²) in [5.41, 5.74) is -0.243. The molecule has 2 bridgehead atoms. The minimum Gasteiger partial charge on any atom is -0.493 e. The van der Waals surface area contributed by atoms with Gasteiger partial charge in [-0.15, -0.1) is 0 Å². The Morgan fingerprint density at radius 1 is 1.13 bits per heavy atom. The number of halogens is 3. The van der Waals surface area contributed by atoms with E-state index in [1.165, 1.54) is 7.11 Å². The van der Waals surface area contributed by atoms with Crippen molar-refractivity contribution in [2.24, 2.45) is 0 Å². The van der Waals surface area contributed by atoms with Crippen LogP contribution in [-0.2, 0) is 50.0 Å². The monoisotopic (exact) mass is 673 g/mol. The Balaban J connectivity index is 0.000000644. The maximum Gasteiger partial charge on any atom is 0.490 e. The molecule has 1 aromatic carbocycles. The molecule has 2 heterocycles. The number of likely N-dealkylation sites (N-methyl/N-ethyl adjacent to an activating group) is 1. The number of nitrogens with zero attached hydrogens (tertiary/aromatic N) is 1. The van der Waals surface area contributed by atoms with E-state index in [2.05, 4.69) is 4.90 Å². The zero-order valence-electron chi connectivity index (χ0n) is 25.6. The topological polar surface area (TPSA) is 195 Å². The molecule has 1 fully saturated rings. The van der Waals surface area contributed by atoms with Gasteiger partial charge in [-0.3, -0.25) is 14.4 Å². The Morgan fingerprint density at radius 2 is 1.81 bits per heavy atom. The van der Waals surface area contributed by atoms with Gasteiger partial charge in [-0.1, -0.05) is 6.07 Å². The molecule has 5 atom stereocenters. The number of aliphatic hydroxyl groups is 1. The number of carboxylic acid groups (broad SMARTS) is 2. The highest BCUT2D eigenvalue weighted by atomic mass is 19.4. The van der Waals surface area contributed by atoms with Crippen molar-refractivity contribution in [1.29, 1.82) is 0 Å². The van der Waals surface area contributed by atoms with Crippen LogP contribution in [0.25, 0.3) is 0 Å². The summed E-state index contributed by atoms with van der Waals surface area (Å²) >= 11 is 0. The number of carbonyl (C=O) groups excluding carboxylic acids is 3. The van der Waals surface area contributed by atoms with Gasteiger partial charge in [0.05, 0.1) is 44.0 Å². The van der Waals surface area contributed by atoms with E-state index in [0.29, 0.717) is 30.9 Å². The van der Waals surface area contributed by atoms with Crippen molar-refractivity contribution in [3.63, 3.8) is 0 Å². The fourth-order valence-corrected chi connectivity index (χ4v) is 6.74. The Kier molecular flexibility index (Phi) is 10.1. The molecule has 0 saturated carbocycles. The molecule has 47 heavy (non-hydrogen) atoms. The number of rotatable bonds is 10. The van der Waals surface area contributed by atoms with Gasteiger partial charge in [-0.25, -0.2) is 9.59 Å². The lowest BCUT2D eigenvalue weighted by atomic mass is 9.50. The van der Waals surface area contributed by atoms with E-state index in [0.717, 1.165) is 11.1 Å². The Bertz CT molecular complexity index is 1480. The molecule has 0 radical (unpaired) electrons. The molecule has 3 N–H and O–H groups in total. The van der Waals surface area contributed by atoms with Crippen LogP contribution in [0.2, 0.25) is 0 Å². The number of methoxy groups -OCH3 is 1. The molecule has 1 spiro atoms. The van der Waals surface area contributed by atoms with Gasteiger partial charge in [-0.2, -0.15) is 13.2 Å². The summed E-state index contributed by atoms with van der Waals surface area (Å²) in [6.07, 6.45) is -6.27. The number of aliphatic carboxylic acids is 2. The molecule has 0 unspecified atom stereocenters. The van der Waals surface area contributed by atoms with E-state index in [9.17, 15) is 37.5 Å². The predicted molar refractivity (Wildman–Crippen MR) is 149 cm³/mol. The Labute approximate surface area is 265 Å². The van der Waals surface area contributed by atoms with Gasteiger partial charge in [-0.05, 0) is 51.1 Å². The second-order valence-corrected chi connectivity index (χ2v) is 11.4. The van der Waals surface area contributed by atoms with Crippen LogP contribution in [0.15, 0.2) is 24.0 Å². The molecule has 2 aliphatic carbocycles. The number of carboxylic acids is 2. The zero-order valence-corrected chi connectivity index (χ0v) is 25.6. The lowest BCUT2D eigenvalue weighted by Crippen LogP contribution is -2.74. The van der Waals surface area contributed by atoms with Crippen LogP contribution in [0.3, 0.4) is 0 Å². The summed E-state index contributed by atoms with van der Waals surface area (Å²) in [4.78, 5) is 59.7. The van der Waals surface area contributed by atoms with Gasteiger partial charge in [0.2, 0.25) is 6.10 Å². The third-order valence-electron chi connectivity index (χ3n) is 8.76. The lowest BCUT2D eigenvalue weighted by Gasteiger charge is -2.61. The molecular formula is C30H34F3NO13. The number of hydrogen-bond acceptors (Lipinski definition) is 12. The van der Waals surface area contributed by atoms with Crippen LogP contribution in [0.5, 0.6) is 11.5 Å². The minimum atomic E-state index is -5.08. The minimum absolute atomic E-state index is 0.0494. The number of hydrogen-bond donors (Lipinski definition) is 3. The normalized spacial score (nSPS) is 25.8. The van der Waals surface area contributed by atoms with Gasteiger partial charge in [0.25, 0.3) is 0 Å². The van der Waals surface area contributed by atoms with Crippen LogP contribution in [-0.4, -0.2) is 107 Å². The summed E-state index contributed by atoms with van der Waals surface area (Å²) in [5, 5.41) is 28.3. The zero-order chi connectivity index (χ0) is 34.9. The molecular weight excluding hydrogens is 639 g/mol. The highest BCUT2D eigenvalue weighted by molar-refractivity contribution is 5.86. The molecule has 1 aromatic rings. The first-order valence-corrected chi connectivity index (χ1v) is 14.6. The van der Waals surface area contributed by atoms with Crippen molar-refractivity contribution in [1.82, 2.24) is 4.90 Å². The molecule has 5 rings (SSSR count). The predicted octanol–water partition coefficient (Wildman–Crippen LogP) is 1.88. The highest BCUT2D eigenvalue weighted by Gasteiger charge is 2.72. The highest BCUT2D eigenvalue weighted by Crippen LogP contribution is 2.65. The van der Waals surface area contributed by atoms with E-state index in [4.69, 9.17) is 38.7 Å². The van der Waals surface area contributed by atoms with Crippen molar-refractivity contribution in [2.45, 2.75) is 80.9 Å². The fraction of sp³-hybridized carbons (Fsp3) is 0.567. The molecule has 4 aliphatic rings. The van der Waals surface area contributed by atoms with Crippen LogP contribution in [0.4, 0.5) is 13.2 Å². The Morgan fingerprint density at radius 3 is 2.40 bits per heavy atom. The summed E-state index contributed by atoms with van der Waals surface area (Å²) < 4.78 is 59.6. The molecule has 1 saturated heterocycles. The second-order valence-electron chi connectivity index (χ2n) is 11.4. The smallest absolute Gasteiger partial charge is 0.490 e. The van der Waals surface area contributed by atoms with E-state index in [1.54, 1.807) is 13.0 Å². The third-order valence-corrected chi connectivity index (χ3v) is 8.76. The van der Waals surface area contributed by atoms with Crippen molar-refractivity contribution in [3.05, 3.63) is 35.1 Å². The van der Waals surface area contributed by atoms with Crippen LogP contribution in [0, 0.1) is 0 Å². The quantitative estimate of drug-likeness (QED) is 0.241. The largest absolute Gasteiger partial charge is 0.493 e. The second kappa shape index (κ2) is 13.4. The van der Waals surface area contributed by atoms with E-state index >= 15 is 0 Å². The SMILES string of the molecule is CCOC(=O)C[C@H](OC(=O)CCC(=O)O)C(=O)OC1=CC[C@@]2(O)[C@H]3Cc4ccc(OC)c5c4[C@@]2(CCN3C)[C@H]1O5.O=C(O)C(F)(F)F. The van der Waals surface area contributed by atoms with Crippen LogP contribution >= 0.6 is 0 Å². The summed E-state index contributed by atoms with van der Waals surface area (Å²) in [7, 11) is 3.51. The van der Waals surface area contributed by atoms with E-state index < -0.39 is 78.5 Å². The molecule has 0 aromatic heterocycles. The fourth-order valence-electron chi connectivity index (χ4n) is 6.74. The summed E-state index contributed by atoms with van der Waals surface area (Å²) in [6.45, 7) is 2.32. The standard InChI is InChI=1S/C28H33NO11.C2HF3O2/c1-4-37-22(33)14-18(38-21(32)8-7-20(30)31)26(34)39-17-9-10-28(35)19-13-15-5-6-16(36-3)24-23(15)27(28,25(17)40-24)11-12-29(19)2;3-2(4,5)1(6)7/h5-6,9,18-19,25,35H,4,7-8,10-14H2,1-3H3,(H,30,31);(H,6,7)/t18-,19+,25-,27-,28+;/m0./s1. The van der Waals surface area contributed by atoms with Crippen LogP contribution in [0.1, 0.15) is 50.2 Å². The molecule has 258 valence electrons. The van der Waals surface area contributed by atoms with E-state index in [1.807, 2.05) is 19.2 Å². The third kappa shape index (κ3) is 6.58. The average Bonchev–Trinajstić information content (AvgIpc) is 3.35. The van der Waals surface area contributed by atoms with Gasteiger partial charge >= 0.3 is 36.0 Å². The first kappa shape index (κ1) is 35.5. The number of alkyl halides is 3. The Hall–Kier alpha value is -4.38. The number of likely N-dealkylation sites (tertiary alicyclic amines) is 1. The maximum atomic E-state index is 13.4. The van der Waals surface area contributed by atoms with E-state index in [-0.39, 0.29) is 24.8 Å². The van der Waals surface area contributed by atoms with Gasteiger partial charge in [0, 0.05) is 18.0 Å². The van der Waals surface area contributed by atoms with Gasteiger partial charge < -0.3 is 43.9 Å². The van der Waals surface area contributed by atoms with Crippen molar-refractivity contribution in [2.75, 3.05) is 27.3 Å². The number of piperidine rings is 1. The molecule has 14 nitrogen and oxygen atoms in total. The molecule has 2 aliphatic heterocycles. The summed E-state index contributed by atoms with van der Waals surface area (Å²) in [5.74, 6) is -5.62. The van der Waals surface area contributed by atoms with Crippen molar-refractivity contribution >= 4 is 29.8 Å². The van der Waals surface area contributed by atoms with Crippen molar-refractivity contribution < 1.29 is 76.1 Å². The average molecular weight is 674 g/mol. The first-order chi connectivity index (χ1) is 22.0.